The van der Waals surface area contributed by atoms with Crippen molar-refractivity contribution in [3.63, 3.8) is 0 Å². The summed E-state index contributed by atoms with van der Waals surface area (Å²) in [6, 6.07) is 0.517. The summed E-state index contributed by atoms with van der Waals surface area (Å²) >= 11 is 0. The second-order valence-corrected chi connectivity index (χ2v) is 5.56. The topological polar surface area (TPSA) is 61.9 Å². The van der Waals surface area contributed by atoms with Gasteiger partial charge in [0.05, 0.1) is 6.54 Å². The van der Waals surface area contributed by atoms with Crippen LogP contribution in [0.5, 0.6) is 0 Å². The van der Waals surface area contributed by atoms with Crippen molar-refractivity contribution in [1.82, 2.24) is 15.1 Å². The van der Waals surface area contributed by atoms with Gasteiger partial charge in [0, 0.05) is 39.3 Å². The Morgan fingerprint density at radius 3 is 2.15 bits per heavy atom. The van der Waals surface area contributed by atoms with E-state index in [1.807, 2.05) is 4.90 Å². The van der Waals surface area contributed by atoms with Crippen LogP contribution in [0.15, 0.2) is 0 Å². The molecule has 2 amide bonds. The predicted octanol–water partition coefficient (Wildman–Crippen LogP) is -0.164. The highest BCUT2D eigenvalue weighted by atomic mass is 16.5. The first-order valence-electron chi connectivity index (χ1n) is 7.48. The van der Waals surface area contributed by atoms with Crippen LogP contribution in [0.25, 0.3) is 0 Å². The van der Waals surface area contributed by atoms with Gasteiger partial charge in [0.2, 0.25) is 11.8 Å². The zero-order chi connectivity index (χ0) is 14.4. The van der Waals surface area contributed by atoms with Crippen LogP contribution in [0.4, 0.5) is 0 Å². The van der Waals surface area contributed by atoms with Gasteiger partial charge in [-0.1, -0.05) is 12.8 Å². The van der Waals surface area contributed by atoms with E-state index in [9.17, 15) is 9.59 Å². The summed E-state index contributed by atoms with van der Waals surface area (Å²) < 4.78 is 4.84. The maximum absolute atomic E-state index is 12.1. The average molecular weight is 283 g/mol. The minimum Gasteiger partial charge on any atom is -0.375 e. The molecule has 0 radical (unpaired) electrons. The molecule has 1 heterocycles. The molecule has 0 spiro atoms. The molecule has 0 unspecified atom stereocenters. The molecule has 6 nitrogen and oxygen atoms in total. The number of methoxy groups -OCH3 is 1. The van der Waals surface area contributed by atoms with Crippen molar-refractivity contribution in [2.24, 2.45) is 0 Å². The highest BCUT2D eigenvalue weighted by Gasteiger charge is 2.24. The monoisotopic (exact) mass is 283 g/mol. The third kappa shape index (κ3) is 4.18. The van der Waals surface area contributed by atoms with Gasteiger partial charge in [-0.05, 0) is 12.8 Å². The first-order valence-corrected chi connectivity index (χ1v) is 7.48. The van der Waals surface area contributed by atoms with Crippen LogP contribution in [0.3, 0.4) is 0 Å². The molecule has 114 valence electrons. The first-order chi connectivity index (χ1) is 9.70. The van der Waals surface area contributed by atoms with Gasteiger partial charge in [-0.25, -0.2) is 0 Å². The maximum Gasteiger partial charge on any atom is 0.248 e. The molecule has 0 aromatic carbocycles. The van der Waals surface area contributed by atoms with Crippen LogP contribution in [-0.2, 0) is 14.3 Å². The molecule has 2 fully saturated rings. The molecule has 2 rings (SSSR count). The number of nitrogens with one attached hydrogen (secondary N) is 1. The van der Waals surface area contributed by atoms with Crippen molar-refractivity contribution in [3.8, 4) is 0 Å². The van der Waals surface area contributed by atoms with Gasteiger partial charge >= 0.3 is 0 Å². The molecule has 6 heteroatoms. The lowest BCUT2D eigenvalue weighted by atomic mass is 10.2. The van der Waals surface area contributed by atoms with Crippen LogP contribution in [0, 0.1) is 0 Å². The van der Waals surface area contributed by atoms with Crippen LogP contribution >= 0.6 is 0 Å². The normalized spacial score (nSPS) is 20.4. The highest BCUT2D eigenvalue weighted by Crippen LogP contribution is 2.17. The molecule has 0 aromatic rings. The van der Waals surface area contributed by atoms with E-state index in [2.05, 4.69) is 5.32 Å². The van der Waals surface area contributed by atoms with Crippen molar-refractivity contribution in [1.29, 1.82) is 0 Å². The lowest BCUT2D eigenvalue weighted by molar-refractivity contribution is -0.141. The van der Waals surface area contributed by atoms with Crippen LogP contribution in [0.2, 0.25) is 0 Å². The SMILES string of the molecule is COCC(=O)N1CCN(C(=O)CNC2CCCC2)CC1. The zero-order valence-corrected chi connectivity index (χ0v) is 12.3. The molecule has 1 N–H and O–H groups in total. The Morgan fingerprint density at radius 2 is 1.60 bits per heavy atom. The number of piperazine rings is 1. The molecule has 20 heavy (non-hydrogen) atoms. The van der Waals surface area contributed by atoms with Crippen molar-refractivity contribution in [2.75, 3.05) is 46.4 Å². The van der Waals surface area contributed by atoms with Gasteiger partial charge in [0.15, 0.2) is 0 Å². The summed E-state index contributed by atoms with van der Waals surface area (Å²) in [7, 11) is 1.52. The Morgan fingerprint density at radius 1 is 1.05 bits per heavy atom. The number of carbonyl (C=O) groups excluding carboxylic acids is 2. The summed E-state index contributed by atoms with van der Waals surface area (Å²) in [5.74, 6) is 0.152. The first kappa shape index (κ1) is 15.3. The second kappa shape index (κ2) is 7.59. The molecular weight excluding hydrogens is 258 g/mol. The van der Waals surface area contributed by atoms with E-state index in [0.717, 1.165) is 0 Å². The standard InChI is InChI=1S/C14H25N3O3/c1-20-11-14(19)17-8-6-16(7-9-17)13(18)10-15-12-4-2-3-5-12/h12,15H,2-11H2,1H3. The third-order valence-corrected chi connectivity index (χ3v) is 4.15. The number of hydrogen-bond acceptors (Lipinski definition) is 4. The van der Waals surface area contributed by atoms with E-state index in [-0.39, 0.29) is 18.4 Å². The van der Waals surface area contributed by atoms with Gasteiger partial charge in [-0.15, -0.1) is 0 Å². The number of hydrogen-bond donors (Lipinski definition) is 1. The molecule has 1 aliphatic heterocycles. The van der Waals surface area contributed by atoms with Crippen molar-refractivity contribution < 1.29 is 14.3 Å². The Kier molecular flexibility index (Phi) is 5.79. The van der Waals surface area contributed by atoms with Crippen molar-refractivity contribution in [2.45, 2.75) is 31.7 Å². The van der Waals surface area contributed by atoms with Gasteiger partial charge in [-0.3, -0.25) is 9.59 Å². The fraction of sp³-hybridized carbons (Fsp3) is 0.857. The number of amides is 2. The molecular formula is C14H25N3O3. The van der Waals surface area contributed by atoms with Crippen molar-refractivity contribution >= 4 is 11.8 Å². The van der Waals surface area contributed by atoms with E-state index in [1.165, 1.54) is 32.8 Å². The molecule has 0 bridgehead atoms. The minimum atomic E-state index is 0.00341. The molecule has 0 aromatic heterocycles. The Balaban J connectivity index is 1.67. The Bertz CT molecular complexity index is 335. The highest BCUT2D eigenvalue weighted by molar-refractivity contribution is 5.80. The molecule has 1 saturated carbocycles. The maximum atomic E-state index is 12.1. The minimum absolute atomic E-state index is 0.00341. The fourth-order valence-electron chi connectivity index (χ4n) is 2.89. The number of carbonyl (C=O) groups is 2. The van der Waals surface area contributed by atoms with E-state index in [1.54, 1.807) is 4.90 Å². The quantitative estimate of drug-likeness (QED) is 0.761. The van der Waals surface area contributed by atoms with Gasteiger partial charge in [0.1, 0.15) is 6.61 Å². The largest absolute Gasteiger partial charge is 0.375 e. The summed E-state index contributed by atoms with van der Waals surface area (Å²) in [6.45, 7) is 3.02. The fourth-order valence-corrected chi connectivity index (χ4v) is 2.89. The summed E-state index contributed by atoms with van der Waals surface area (Å²) in [5.41, 5.74) is 0. The zero-order valence-electron chi connectivity index (χ0n) is 12.3. The van der Waals surface area contributed by atoms with Crippen LogP contribution in [-0.4, -0.2) is 74.1 Å². The number of ether oxygens (including phenoxy) is 1. The summed E-state index contributed by atoms with van der Waals surface area (Å²) in [4.78, 5) is 27.4. The Labute approximate surface area is 120 Å². The van der Waals surface area contributed by atoms with Gasteiger partial charge < -0.3 is 19.9 Å². The molecule has 1 aliphatic carbocycles. The summed E-state index contributed by atoms with van der Waals surface area (Å²) in [6.07, 6.45) is 4.91. The molecule has 2 aliphatic rings. The average Bonchev–Trinajstić information content (AvgIpc) is 2.98. The third-order valence-electron chi connectivity index (χ3n) is 4.15. The van der Waals surface area contributed by atoms with Gasteiger partial charge in [-0.2, -0.15) is 0 Å². The van der Waals surface area contributed by atoms with E-state index in [0.29, 0.717) is 38.8 Å². The second-order valence-electron chi connectivity index (χ2n) is 5.56. The van der Waals surface area contributed by atoms with Crippen LogP contribution < -0.4 is 5.32 Å². The lowest BCUT2D eigenvalue weighted by Gasteiger charge is -2.35. The van der Waals surface area contributed by atoms with E-state index in [4.69, 9.17) is 4.74 Å². The predicted molar refractivity (Wildman–Crippen MR) is 75.3 cm³/mol. The molecule has 0 atom stereocenters. The van der Waals surface area contributed by atoms with Gasteiger partial charge in [0.25, 0.3) is 0 Å². The Hall–Kier alpha value is -1.14. The smallest absolute Gasteiger partial charge is 0.248 e. The van der Waals surface area contributed by atoms with E-state index >= 15 is 0 Å². The number of rotatable bonds is 5. The number of nitrogens with zero attached hydrogens (tertiary/aromatic N) is 2. The molecule has 1 saturated heterocycles. The lowest BCUT2D eigenvalue weighted by Crippen LogP contribution is -2.53. The van der Waals surface area contributed by atoms with Crippen molar-refractivity contribution in [3.05, 3.63) is 0 Å². The van der Waals surface area contributed by atoms with Crippen LogP contribution in [0.1, 0.15) is 25.7 Å². The summed E-state index contributed by atoms with van der Waals surface area (Å²) in [5, 5.41) is 3.34. The van der Waals surface area contributed by atoms with E-state index < -0.39 is 0 Å².